The zero-order chi connectivity index (χ0) is 30.4. The van der Waals surface area contributed by atoms with Crippen molar-refractivity contribution in [2.45, 2.75) is 110 Å². The third kappa shape index (κ3) is 6.47. The van der Waals surface area contributed by atoms with Crippen molar-refractivity contribution in [1.82, 2.24) is 10.6 Å². The quantitative estimate of drug-likeness (QED) is 0.144. The van der Waals surface area contributed by atoms with Crippen molar-refractivity contribution >= 4 is 17.6 Å². The average molecular weight is 583 g/mol. The highest BCUT2D eigenvalue weighted by Crippen LogP contribution is 2.68. The zero-order valence-electron chi connectivity index (χ0n) is 26.3. The smallest absolute Gasteiger partial charge is 0.243 e. The number of carbonyl (C=O) groups excluding carboxylic acids is 3. The molecule has 4 rings (SSSR count). The van der Waals surface area contributed by atoms with Gasteiger partial charge in [0.15, 0.2) is 5.78 Å². The Morgan fingerprint density at radius 1 is 0.905 bits per heavy atom. The molecule has 2 amide bonds. The van der Waals surface area contributed by atoms with Crippen LogP contribution in [-0.2, 0) is 23.9 Å². The maximum Gasteiger partial charge on any atom is 0.243 e. The third-order valence-electron chi connectivity index (χ3n) is 11.6. The Labute approximate surface area is 253 Å². The molecule has 2 N–H and O–H groups in total. The molecule has 3 fully saturated rings. The Kier molecular flexibility index (Phi) is 10.9. The van der Waals surface area contributed by atoms with Crippen molar-refractivity contribution in [3.63, 3.8) is 0 Å². The van der Waals surface area contributed by atoms with E-state index in [0.29, 0.717) is 37.5 Å². The van der Waals surface area contributed by atoms with Crippen molar-refractivity contribution in [3.05, 3.63) is 37.0 Å². The van der Waals surface area contributed by atoms with Crippen LogP contribution in [0.25, 0.3) is 0 Å². The second-order valence-corrected chi connectivity index (χ2v) is 13.6. The van der Waals surface area contributed by atoms with Crippen molar-refractivity contribution in [1.29, 1.82) is 0 Å². The number of ether oxygens (including phenoxy) is 2. The van der Waals surface area contributed by atoms with Gasteiger partial charge in [0.25, 0.3) is 0 Å². The number of nitrogens with one attached hydrogen (secondary N) is 2. The lowest BCUT2D eigenvalue weighted by Crippen LogP contribution is -2.58. The number of unbranched alkanes of at least 4 members (excludes halogenated alkanes) is 2. The van der Waals surface area contributed by atoms with Gasteiger partial charge in [0, 0.05) is 31.7 Å². The molecule has 0 aromatic rings. The summed E-state index contributed by atoms with van der Waals surface area (Å²) in [5.74, 6) is 1.66. The maximum atomic E-state index is 13.3. The van der Waals surface area contributed by atoms with E-state index in [0.717, 1.165) is 77.2 Å². The van der Waals surface area contributed by atoms with Gasteiger partial charge in [-0.1, -0.05) is 38.7 Å². The third-order valence-corrected chi connectivity index (χ3v) is 11.6. The van der Waals surface area contributed by atoms with E-state index in [1.807, 2.05) is 0 Å². The van der Waals surface area contributed by atoms with Crippen molar-refractivity contribution < 1.29 is 23.9 Å². The lowest BCUT2D eigenvalue weighted by molar-refractivity contribution is -0.175. The summed E-state index contributed by atoms with van der Waals surface area (Å²) in [6.07, 6.45) is 17.4. The molecule has 0 saturated heterocycles. The summed E-state index contributed by atoms with van der Waals surface area (Å²) in [4.78, 5) is 36.0. The summed E-state index contributed by atoms with van der Waals surface area (Å²) < 4.78 is 12.9. The molecule has 1 unspecified atom stereocenters. The van der Waals surface area contributed by atoms with Crippen LogP contribution in [0.4, 0.5) is 0 Å². The SMILES string of the molecule is C=CC(=O)NCCCCOC1CC[C@@]2(C)C(=CC[C@@H]3[C@@H]2CC[C@@]2(C)[C@H]3CC[C@]2(OCCCCNC(=O)C=C)C(C)=O)C1. The number of rotatable bonds is 15. The van der Waals surface area contributed by atoms with Gasteiger partial charge in [-0.05, 0) is 119 Å². The molecule has 42 heavy (non-hydrogen) atoms. The summed E-state index contributed by atoms with van der Waals surface area (Å²) in [5.41, 5.74) is 0.983. The second-order valence-electron chi connectivity index (χ2n) is 13.6. The first-order valence-corrected chi connectivity index (χ1v) is 16.4. The predicted molar refractivity (Wildman–Crippen MR) is 166 cm³/mol. The first-order valence-electron chi connectivity index (χ1n) is 16.4. The number of hydrogen-bond donors (Lipinski definition) is 2. The molecular weight excluding hydrogens is 528 g/mol. The topological polar surface area (TPSA) is 93.7 Å². The highest BCUT2D eigenvalue weighted by atomic mass is 16.5. The van der Waals surface area contributed by atoms with Crippen LogP contribution in [0.2, 0.25) is 0 Å². The van der Waals surface area contributed by atoms with Crippen molar-refractivity contribution in [2.24, 2.45) is 28.6 Å². The van der Waals surface area contributed by atoms with Crippen LogP contribution in [0, 0.1) is 28.6 Å². The summed E-state index contributed by atoms with van der Waals surface area (Å²) >= 11 is 0. The number of Topliss-reactive ketones (excluding diaryl/α,β-unsaturated/α-hetero) is 1. The van der Waals surface area contributed by atoms with E-state index >= 15 is 0 Å². The van der Waals surface area contributed by atoms with Gasteiger partial charge >= 0.3 is 0 Å². The first kappa shape index (κ1) is 32.7. The van der Waals surface area contributed by atoms with Gasteiger partial charge in [0.1, 0.15) is 5.60 Å². The first-order chi connectivity index (χ1) is 20.1. The van der Waals surface area contributed by atoms with Crippen LogP contribution in [0.1, 0.15) is 97.8 Å². The minimum absolute atomic E-state index is 0.118. The van der Waals surface area contributed by atoms with Gasteiger partial charge in [-0.2, -0.15) is 0 Å². The lowest BCUT2D eigenvalue weighted by Gasteiger charge is -2.59. The van der Waals surface area contributed by atoms with Gasteiger partial charge in [-0.25, -0.2) is 0 Å². The number of hydrogen-bond acceptors (Lipinski definition) is 5. The standard InChI is InChI=1S/C35H54N2O5/c1-6-31(39)36-20-8-10-22-41-27-14-17-33(4)26(24-27)12-13-28-29(33)15-18-34(5)30(28)16-19-35(34,25(3)38)42-23-11-9-21-37-32(40)7-2/h6-7,12,27-30H,1-2,8-11,13-24H2,3-5H3,(H,36,39)(H,37,40)/t27?,28-,29+,30+,33+,34+,35+/m1/s1. The van der Waals surface area contributed by atoms with E-state index in [1.54, 1.807) is 12.5 Å². The molecule has 7 heteroatoms. The van der Waals surface area contributed by atoms with Gasteiger partial charge in [0.05, 0.1) is 6.10 Å². The van der Waals surface area contributed by atoms with Gasteiger partial charge < -0.3 is 20.1 Å². The van der Waals surface area contributed by atoms with E-state index in [2.05, 4.69) is 43.7 Å². The van der Waals surface area contributed by atoms with Crippen LogP contribution in [0.15, 0.2) is 37.0 Å². The van der Waals surface area contributed by atoms with Crippen LogP contribution in [0.3, 0.4) is 0 Å². The van der Waals surface area contributed by atoms with Crippen molar-refractivity contribution in [2.75, 3.05) is 26.3 Å². The summed E-state index contributed by atoms with van der Waals surface area (Å²) in [6, 6.07) is 0. The molecule has 7 atom stereocenters. The Hall–Kier alpha value is -2.25. The van der Waals surface area contributed by atoms with Crippen LogP contribution >= 0.6 is 0 Å². The molecule has 234 valence electrons. The normalized spacial score (nSPS) is 35.2. The Morgan fingerprint density at radius 3 is 2.19 bits per heavy atom. The average Bonchev–Trinajstić information content (AvgIpc) is 3.29. The van der Waals surface area contributed by atoms with E-state index in [-0.39, 0.29) is 34.5 Å². The fraction of sp³-hybridized carbons (Fsp3) is 0.743. The largest absolute Gasteiger partial charge is 0.378 e. The zero-order valence-corrected chi connectivity index (χ0v) is 26.3. The molecule has 4 aliphatic carbocycles. The van der Waals surface area contributed by atoms with Gasteiger partial charge in [-0.15, -0.1) is 0 Å². The molecule has 4 aliphatic rings. The molecule has 0 bridgehead atoms. The summed E-state index contributed by atoms with van der Waals surface area (Å²) in [7, 11) is 0. The number of fused-ring (bicyclic) bond motifs is 5. The van der Waals surface area contributed by atoms with Crippen LogP contribution in [-0.4, -0.2) is 55.6 Å². The molecule has 0 heterocycles. The fourth-order valence-corrected chi connectivity index (χ4v) is 9.20. The van der Waals surface area contributed by atoms with Crippen molar-refractivity contribution in [3.8, 4) is 0 Å². The Morgan fingerprint density at radius 2 is 1.55 bits per heavy atom. The second kappa shape index (κ2) is 14.0. The van der Waals surface area contributed by atoms with E-state index in [1.165, 1.54) is 18.6 Å². The molecule has 0 aromatic carbocycles. The molecule has 7 nitrogen and oxygen atoms in total. The van der Waals surface area contributed by atoms with E-state index < -0.39 is 5.60 Å². The van der Waals surface area contributed by atoms with E-state index in [9.17, 15) is 14.4 Å². The molecule has 0 spiro atoms. The summed E-state index contributed by atoms with van der Waals surface area (Å²) in [5, 5.41) is 5.65. The molecule has 0 aromatic heterocycles. The van der Waals surface area contributed by atoms with Crippen LogP contribution < -0.4 is 10.6 Å². The Balaban J connectivity index is 1.33. The molecule has 0 radical (unpaired) electrons. The highest BCUT2D eigenvalue weighted by Gasteiger charge is 2.66. The lowest BCUT2D eigenvalue weighted by atomic mass is 9.46. The minimum Gasteiger partial charge on any atom is -0.378 e. The van der Waals surface area contributed by atoms with Crippen LogP contribution in [0.5, 0.6) is 0 Å². The monoisotopic (exact) mass is 582 g/mol. The number of allylic oxidation sites excluding steroid dienone is 1. The molecule has 3 saturated carbocycles. The highest BCUT2D eigenvalue weighted by molar-refractivity contribution is 5.87. The Bertz CT molecular complexity index is 1050. The fourth-order valence-electron chi connectivity index (χ4n) is 9.20. The molecular formula is C35H54N2O5. The summed E-state index contributed by atoms with van der Waals surface area (Å²) in [6.45, 7) is 16.1. The van der Waals surface area contributed by atoms with Gasteiger partial charge in [0.2, 0.25) is 11.8 Å². The number of carbonyl (C=O) groups is 3. The number of ketones is 1. The molecule has 0 aliphatic heterocycles. The van der Waals surface area contributed by atoms with Gasteiger partial charge in [-0.3, -0.25) is 14.4 Å². The minimum atomic E-state index is -0.697. The number of amides is 2. The van der Waals surface area contributed by atoms with E-state index in [4.69, 9.17) is 9.47 Å². The maximum absolute atomic E-state index is 13.3. The predicted octanol–water partition coefficient (Wildman–Crippen LogP) is 5.84.